The van der Waals surface area contributed by atoms with E-state index in [9.17, 15) is 0 Å². The van der Waals surface area contributed by atoms with Gasteiger partial charge in [0.1, 0.15) is 0 Å². The minimum Gasteiger partial charge on any atom is -0.378 e. The minimum atomic E-state index is 0.557. The molecule has 2 fully saturated rings. The standard InChI is InChI=1S/C31H60O/c1-2-6-10-14-18-22-26-30(27-23-19-15-11-7-3-1)31-28-24-20-16-12-8-4-5-9-13-17-21-25-29-32-31/h30-31H,1-29H2. The quantitative estimate of drug-likeness (QED) is 0.387. The zero-order valence-corrected chi connectivity index (χ0v) is 22.1. The van der Waals surface area contributed by atoms with Gasteiger partial charge < -0.3 is 4.74 Å². The Labute approximate surface area is 203 Å². The molecule has 1 saturated heterocycles. The van der Waals surface area contributed by atoms with Crippen molar-refractivity contribution in [3.05, 3.63) is 0 Å². The van der Waals surface area contributed by atoms with Crippen LogP contribution in [0, 0.1) is 5.92 Å². The van der Waals surface area contributed by atoms with E-state index in [1.807, 2.05) is 0 Å². The van der Waals surface area contributed by atoms with Crippen molar-refractivity contribution < 1.29 is 4.74 Å². The molecule has 1 saturated carbocycles. The normalized spacial score (nSPS) is 27.6. The van der Waals surface area contributed by atoms with Gasteiger partial charge in [0.25, 0.3) is 0 Å². The molecule has 32 heavy (non-hydrogen) atoms. The molecule has 1 unspecified atom stereocenters. The minimum absolute atomic E-state index is 0.557. The second-order valence-corrected chi connectivity index (χ2v) is 11.4. The van der Waals surface area contributed by atoms with Gasteiger partial charge in [-0.05, 0) is 31.6 Å². The van der Waals surface area contributed by atoms with E-state index in [-0.39, 0.29) is 0 Å². The molecule has 1 aliphatic carbocycles. The van der Waals surface area contributed by atoms with Crippen molar-refractivity contribution >= 4 is 0 Å². The van der Waals surface area contributed by atoms with Crippen molar-refractivity contribution in [3.63, 3.8) is 0 Å². The summed E-state index contributed by atoms with van der Waals surface area (Å²) < 4.78 is 6.69. The van der Waals surface area contributed by atoms with Crippen LogP contribution in [0.25, 0.3) is 0 Å². The smallest absolute Gasteiger partial charge is 0.0603 e. The van der Waals surface area contributed by atoms with Crippen molar-refractivity contribution in [2.75, 3.05) is 6.61 Å². The van der Waals surface area contributed by atoms with Crippen molar-refractivity contribution in [2.24, 2.45) is 5.92 Å². The monoisotopic (exact) mass is 448 g/mol. The molecule has 0 radical (unpaired) electrons. The Morgan fingerprint density at radius 3 is 0.938 bits per heavy atom. The molecule has 0 aromatic heterocycles. The van der Waals surface area contributed by atoms with E-state index in [2.05, 4.69) is 0 Å². The Balaban J connectivity index is 1.83. The first kappa shape index (κ1) is 28.2. The van der Waals surface area contributed by atoms with Crippen LogP contribution in [0.2, 0.25) is 0 Å². The molecule has 0 N–H and O–H groups in total. The van der Waals surface area contributed by atoms with E-state index >= 15 is 0 Å². The molecule has 0 bridgehead atoms. The van der Waals surface area contributed by atoms with E-state index in [0.717, 1.165) is 12.5 Å². The van der Waals surface area contributed by atoms with Gasteiger partial charge in [-0.2, -0.15) is 0 Å². The summed E-state index contributed by atoms with van der Waals surface area (Å²) in [6.07, 6.45) is 41.1. The largest absolute Gasteiger partial charge is 0.378 e. The molecule has 2 aliphatic rings. The maximum atomic E-state index is 6.69. The highest BCUT2D eigenvalue weighted by Gasteiger charge is 2.21. The van der Waals surface area contributed by atoms with E-state index in [1.165, 1.54) is 180 Å². The average molecular weight is 449 g/mol. The molecule has 0 spiro atoms. The lowest BCUT2D eigenvalue weighted by molar-refractivity contribution is -0.00370. The Hall–Kier alpha value is -0.0400. The highest BCUT2D eigenvalue weighted by atomic mass is 16.5. The zero-order chi connectivity index (χ0) is 22.4. The van der Waals surface area contributed by atoms with Crippen LogP contribution in [0.15, 0.2) is 0 Å². The molecule has 1 aliphatic heterocycles. The summed E-state index contributed by atoms with van der Waals surface area (Å²) in [5, 5.41) is 0. The number of hydrogen-bond donors (Lipinski definition) is 0. The van der Waals surface area contributed by atoms with E-state index in [4.69, 9.17) is 4.74 Å². The molecule has 1 heteroatoms. The molecule has 1 heterocycles. The lowest BCUT2D eigenvalue weighted by atomic mass is 9.86. The lowest BCUT2D eigenvalue weighted by Crippen LogP contribution is -2.25. The Morgan fingerprint density at radius 2 is 0.562 bits per heavy atom. The van der Waals surface area contributed by atoms with Crippen LogP contribution in [0.1, 0.15) is 180 Å². The Bertz CT molecular complexity index is 311. The van der Waals surface area contributed by atoms with Gasteiger partial charge in [0.05, 0.1) is 6.10 Å². The molecule has 0 aromatic carbocycles. The summed E-state index contributed by atoms with van der Waals surface area (Å²) in [6.45, 7) is 1.03. The second kappa shape index (κ2) is 21.5. The molecule has 2 rings (SSSR count). The van der Waals surface area contributed by atoms with Crippen LogP contribution >= 0.6 is 0 Å². The maximum Gasteiger partial charge on any atom is 0.0603 e. The zero-order valence-electron chi connectivity index (χ0n) is 22.1. The summed E-state index contributed by atoms with van der Waals surface area (Å²) in [6, 6.07) is 0. The van der Waals surface area contributed by atoms with Crippen molar-refractivity contribution in [1.82, 2.24) is 0 Å². The molecular formula is C31H60O. The van der Waals surface area contributed by atoms with E-state index in [1.54, 1.807) is 0 Å². The van der Waals surface area contributed by atoms with Gasteiger partial charge in [-0.3, -0.25) is 0 Å². The third kappa shape index (κ3) is 15.7. The Kier molecular flexibility index (Phi) is 18.9. The first-order chi connectivity index (χ1) is 16.0. The molecule has 1 atom stereocenters. The SMILES string of the molecule is C1CCCCCCCC(C2CCCCCCCCCCCCCCO2)CCCCCCC1. The van der Waals surface area contributed by atoms with Crippen LogP contribution in [-0.2, 0) is 4.74 Å². The van der Waals surface area contributed by atoms with Crippen LogP contribution in [-0.4, -0.2) is 12.7 Å². The van der Waals surface area contributed by atoms with Gasteiger partial charge in [-0.25, -0.2) is 0 Å². The van der Waals surface area contributed by atoms with Gasteiger partial charge in [-0.15, -0.1) is 0 Å². The van der Waals surface area contributed by atoms with E-state index in [0.29, 0.717) is 6.10 Å². The highest BCUT2D eigenvalue weighted by Crippen LogP contribution is 2.28. The fourth-order valence-electron chi connectivity index (χ4n) is 6.18. The van der Waals surface area contributed by atoms with Crippen molar-refractivity contribution in [1.29, 1.82) is 0 Å². The predicted molar refractivity (Wildman–Crippen MR) is 143 cm³/mol. The van der Waals surface area contributed by atoms with Crippen LogP contribution < -0.4 is 0 Å². The van der Waals surface area contributed by atoms with Crippen molar-refractivity contribution in [3.8, 4) is 0 Å². The summed E-state index contributed by atoms with van der Waals surface area (Å²) in [5.41, 5.74) is 0. The lowest BCUT2D eigenvalue weighted by Gasteiger charge is -2.28. The fraction of sp³-hybridized carbons (Fsp3) is 1.00. The van der Waals surface area contributed by atoms with Crippen molar-refractivity contribution in [2.45, 2.75) is 186 Å². The number of rotatable bonds is 1. The van der Waals surface area contributed by atoms with Gasteiger partial charge in [0.15, 0.2) is 0 Å². The summed E-state index contributed by atoms with van der Waals surface area (Å²) in [5.74, 6) is 0.835. The first-order valence-electron chi connectivity index (χ1n) is 15.6. The first-order valence-corrected chi connectivity index (χ1v) is 15.6. The van der Waals surface area contributed by atoms with Crippen LogP contribution in [0.4, 0.5) is 0 Å². The average Bonchev–Trinajstić information content (AvgIpc) is 2.79. The second-order valence-electron chi connectivity index (χ2n) is 11.4. The molecular weight excluding hydrogens is 388 g/mol. The molecule has 0 aromatic rings. The van der Waals surface area contributed by atoms with Gasteiger partial charge in [0.2, 0.25) is 0 Å². The number of ether oxygens (including phenoxy) is 1. The third-order valence-electron chi connectivity index (χ3n) is 8.39. The summed E-state index contributed by atoms with van der Waals surface area (Å²) >= 11 is 0. The van der Waals surface area contributed by atoms with Crippen LogP contribution in [0.3, 0.4) is 0 Å². The van der Waals surface area contributed by atoms with Gasteiger partial charge in [0, 0.05) is 6.61 Å². The molecule has 1 nitrogen and oxygen atoms in total. The van der Waals surface area contributed by atoms with Gasteiger partial charge in [-0.1, -0.05) is 154 Å². The summed E-state index contributed by atoms with van der Waals surface area (Å²) in [4.78, 5) is 0. The number of hydrogen-bond acceptors (Lipinski definition) is 1. The molecule has 190 valence electrons. The Morgan fingerprint density at radius 1 is 0.281 bits per heavy atom. The predicted octanol–water partition coefficient (Wildman–Crippen LogP) is 10.9. The fourth-order valence-corrected chi connectivity index (χ4v) is 6.18. The molecule has 0 amide bonds. The highest BCUT2D eigenvalue weighted by molar-refractivity contribution is 4.73. The van der Waals surface area contributed by atoms with Crippen LogP contribution in [0.5, 0.6) is 0 Å². The van der Waals surface area contributed by atoms with E-state index < -0.39 is 0 Å². The summed E-state index contributed by atoms with van der Waals surface area (Å²) in [7, 11) is 0. The van der Waals surface area contributed by atoms with Gasteiger partial charge >= 0.3 is 0 Å². The third-order valence-corrected chi connectivity index (χ3v) is 8.39. The topological polar surface area (TPSA) is 9.23 Å². The maximum absolute atomic E-state index is 6.69.